The second-order valence-electron chi connectivity index (χ2n) is 7.35. The summed E-state index contributed by atoms with van der Waals surface area (Å²) in [5.74, 6) is -0.566. The minimum Gasteiger partial charge on any atom is -0.415 e. The van der Waals surface area contributed by atoms with Crippen LogP contribution in [0.5, 0.6) is 0 Å². The molecule has 23 heavy (non-hydrogen) atoms. The van der Waals surface area contributed by atoms with Crippen LogP contribution in [0.15, 0.2) is 18.2 Å². The van der Waals surface area contributed by atoms with E-state index in [0.717, 1.165) is 0 Å². The van der Waals surface area contributed by atoms with Gasteiger partial charge in [0.15, 0.2) is 8.32 Å². The smallest absolute Gasteiger partial charge is 0.276 e. The Bertz CT molecular complexity index is 559. The van der Waals surface area contributed by atoms with E-state index in [9.17, 15) is 14.5 Å². The van der Waals surface area contributed by atoms with Crippen molar-refractivity contribution in [2.24, 2.45) is 0 Å². The number of hydrogen-bond donors (Lipinski definition) is 1. The average Bonchev–Trinajstić information content (AvgIpc) is 2.42. The van der Waals surface area contributed by atoms with E-state index in [2.05, 4.69) is 39.2 Å². The van der Waals surface area contributed by atoms with Crippen LogP contribution in [0.25, 0.3) is 0 Å². The largest absolute Gasteiger partial charge is 0.415 e. The second-order valence-corrected chi connectivity index (χ2v) is 12.2. The van der Waals surface area contributed by atoms with Crippen molar-refractivity contribution in [2.75, 3.05) is 6.61 Å². The molecule has 0 heterocycles. The summed E-state index contributed by atoms with van der Waals surface area (Å²) < 4.78 is 19.9. The lowest BCUT2D eigenvalue weighted by atomic mass is 10.1. The Labute approximate surface area is 138 Å². The molecule has 0 aromatic heterocycles. The molecule has 1 aromatic carbocycles. The maximum absolute atomic E-state index is 13.8. The van der Waals surface area contributed by atoms with Crippen molar-refractivity contribution in [3.05, 3.63) is 39.7 Å². The Hall–Kier alpha value is -1.31. The van der Waals surface area contributed by atoms with Gasteiger partial charge in [-0.05, 0) is 31.1 Å². The van der Waals surface area contributed by atoms with E-state index >= 15 is 0 Å². The average molecular weight is 342 g/mol. The maximum atomic E-state index is 13.8. The summed E-state index contributed by atoms with van der Waals surface area (Å²) in [5, 5.41) is 14.2. The molecule has 1 unspecified atom stereocenters. The number of rotatable bonds is 7. The number of hydrogen-bond acceptors (Lipinski definition) is 4. The second kappa shape index (κ2) is 7.50. The van der Waals surface area contributed by atoms with E-state index in [1.165, 1.54) is 18.2 Å². The number of nitrogens with zero attached hydrogens (tertiary/aromatic N) is 1. The summed E-state index contributed by atoms with van der Waals surface area (Å²) >= 11 is 0. The van der Waals surface area contributed by atoms with Crippen LogP contribution >= 0.6 is 0 Å². The van der Waals surface area contributed by atoms with Crippen LogP contribution < -0.4 is 5.32 Å². The number of nitro groups is 1. The summed E-state index contributed by atoms with van der Waals surface area (Å²) in [5.41, 5.74) is -0.119. The zero-order valence-electron chi connectivity index (χ0n) is 14.8. The molecule has 0 radical (unpaired) electrons. The van der Waals surface area contributed by atoms with Gasteiger partial charge in [-0.2, -0.15) is 0 Å². The quantitative estimate of drug-likeness (QED) is 0.457. The lowest BCUT2D eigenvalue weighted by Gasteiger charge is -2.37. The molecular formula is C16H27FN2O3Si. The zero-order chi connectivity index (χ0) is 17.8. The Kier molecular flexibility index (Phi) is 6.44. The van der Waals surface area contributed by atoms with Gasteiger partial charge in [0.2, 0.25) is 0 Å². The summed E-state index contributed by atoms with van der Waals surface area (Å²) in [7, 11) is -1.84. The lowest BCUT2D eigenvalue weighted by molar-refractivity contribution is -0.385. The van der Waals surface area contributed by atoms with E-state index < -0.39 is 19.1 Å². The summed E-state index contributed by atoms with van der Waals surface area (Å²) in [4.78, 5) is 10.4. The first-order valence-corrected chi connectivity index (χ1v) is 10.7. The molecule has 1 rings (SSSR count). The molecule has 1 atom stereocenters. The van der Waals surface area contributed by atoms with Crippen molar-refractivity contribution in [3.8, 4) is 0 Å². The highest BCUT2D eigenvalue weighted by atomic mass is 28.4. The van der Waals surface area contributed by atoms with Gasteiger partial charge in [-0.1, -0.05) is 26.8 Å². The molecule has 0 saturated carbocycles. The Morgan fingerprint density at radius 2 is 2.00 bits per heavy atom. The molecule has 0 fully saturated rings. The van der Waals surface area contributed by atoms with Gasteiger partial charge < -0.3 is 9.74 Å². The fourth-order valence-corrected chi connectivity index (χ4v) is 2.88. The van der Waals surface area contributed by atoms with Gasteiger partial charge in [-0.3, -0.25) is 10.1 Å². The van der Waals surface area contributed by atoms with Crippen LogP contribution in [0.2, 0.25) is 18.1 Å². The van der Waals surface area contributed by atoms with Crippen LogP contribution in [-0.2, 0) is 11.0 Å². The van der Waals surface area contributed by atoms with Crippen molar-refractivity contribution in [1.29, 1.82) is 0 Å². The van der Waals surface area contributed by atoms with Gasteiger partial charge in [0.25, 0.3) is 5.69 Å². The SMILES string of the molecule is CC(CO[Si](C)(C)C(C)(C)C)NCc1c(F)cccc1[N+](=O)[O-]. The molecule has 0 aliphatic rings. The van der Waals surface area contributed by atoms with Gasteiger partial charge in [0.1, 0.15) is 5.82 Å². The van der Waals surface area contributed by atoms with E-state index in [1.807, 2.05) is 6.92 Å². The van der Waals surface area contributed by atoms with Crippen LogP contribution in [0.1, 0.15) is 33.3 Å². The molecule has 130 valence electrons. The van der Waals surface area contributed by atoms with Crippen LogP contribution in [0.3, 0.4) is 0 Å². The van der Waals surface area contributed by atoms with Crippen LogP contribution in [-0.4, -0.2) is 25.9 Å². The molecule has 0 spiro atoms. The van der Waals surface area contributed by atoms with Crippen LogP contribution in [0.4, 0.5) is 10.1 Å². The standard InChI is InChI=1S/C16H27FN2O3Si/c1-12(11-22-23(5,6)16(2,3)4)18-10-13-14(17)8-7-9-15(13)19(20)21/h7-9,12,18H,10-11H2,1-6H3. The maximum Gasteiger partial charge on any atom is 0.276 e. The third-order valence-corrected chi connectivity index (χ3v) is 8.92. The summed E-state index contributed by atoms with van der Waals surface area (Å²) in [6.07, 6.45) is 0. The van der Waals surface area contributed by atoms with Gasteiger partial charge >= 0.3 is 0 Å². The summed E-state index contributed by atoms with van der Waals surface area (Å²) in [6, 6.07) is 3.88. The Morgan fingerprint density at radius 3 is 2.52 bits per heavy atom. The highest BCUT2D eigenvalue weighted by Crippen LogP contribution is 2.36. The predicted molar refractivity (Wildman–Crippen MR) is 92.5 cm³/mol. The number of halogens is 1. The first-order chi connectivity index (χ1) is 10.5. The number of nitro benzene ring substituents is 1. The van der Waals surface area contributed by atoms with E-state index in [0.29, 0.717) is 6.61 Å². The van der Waals surface area contributed by atoms with E-state index in [1.54, 1.807) is 0 Å². The molecule has 0 bridgehead atoms. The molecule has 0 aliphatic heterocycles. The minimum atomic E-state index is -1.84. The van der Waals surface area contributed by atoms with Crippen LogP contribution in [0, 0.1) is 15.9 Å². The predicted octanol–water partition coefficient (Wildman–Crippen LogP) is 4.23. The van der Waals surface area contributed by atoms with Crippen molar-refractivity contribution in [3.63, 3.8) is 0 Å². The van der Waals surface area contributed by atoms with Gasteiger partial charge in [-0.15, -0.1) is 0 Å². The van der Waals surface area contributed by atoms with Crippen molar-refractivity contribution >= 4 is 14.0 Å². The first kappa shape index (κ1) is 19.7. The molecule has 1 N–H and O–H groups in total. The fraction of sp³-hybridized carbons (Fsp3) is 0.625. The fourth-order valence-electron chi connectivity index (χ4n) is 1.78. The molecule has 0 amide bonds. The normalized spacial score (nSPS) is 13.9. The van der Waals surface area contributed by atoms with Gasteiger partial charge in [-0.25, -0.2) is 4.39 Å². The van der Waals surface area contributed by atoms with Gasteiger partial charge in [0.05, 0.1) is 10.5 Å². The highest BCUT2D eigenvalue weighted by molar-refractivity contribution is 6.74. The number of benzene rings is 1. The minimum absolute atomic E-state index is 0.0247. The van der Waals surface area contributed by atoms with Crippen molar-refractivity contribution in [1.82, 2.24) is 5.32 Å². The lowest BCUT2D eigenvalue weighted by Crippen LogP contribution is -2.44. The first-order valence-electron chi connectivity index (χ1n) is 7.75. The highest BCUT2D eigenvalue weighted by Gasteiger charge is 2.37. The van der Waals surface area contributed by atoms with E-state index in [4.69, 9.17) is 4.43 Å². The molecule has 0 aliphatic carbocycles. The molecule has 5 nitrogen and oxygen atoms in total. The summed E-state index contributed by atoms with van der Waals surface area (Å²) in [6.45, 7) is 13.4. The van der Waals surface area contributed by atoms with Gasteiger partial charge in [0, 0.05) is 25.3 Å². The van der Waals surface area contributed by atoms with Crippen molar-refractivity contribution < 1.29 is 13.7 Å². The molecule has 0 saturated heterocycles. The monoisotopic (exact) mass is 342 g/mol. The van der Waals surface area contributed by atoms with Crippen molar-refractivity contribution in [2.45, 2.75) is 58.4 Å². The third kappa shape index (κ3) is 5.37. The molecule has 7 heteroatoms. The topological polar surface area (TPSA) is 64.4 Å². The molecule has 1 aromatic rings. The van der Waals surface area contributed by atoms with E-state index in [-0.39, 0.29) is 28.9 Å². The third-order valence-electron chi connectivity index (χ3n) is 4.42. The number of nitrogens with one attached hydrogen (secondary N) is 1. The Balaban J connectivity index is 2.65. The molecular weight excluding hydrogens is 315 g/mol. The Morgan fingerprint density at radius 1 is 1.39 bits per heavy atom. The zero-order valence-corrected chi connectivity index (χ0v) is 15.8.